The number of aromatic nitrogens is 2. The molecule has 3 aromatic rings. The highest BCUT2D eigenvalue weighted by molar-refractivity contribution is 6.00. The van der Waals surface area contributed by atoms with Crippen molar-refractivity contribution in [3.05, 3.63) is 58.5 Å². The first-order chi connectivity index (χ1) is 14.5. The summed E-state index contributed by atoms with van der Waals surface area (Å²) in [5.74, 6) is 1.17. The van der Waals surface area contributed by atoms with Gasteiger partial charge < -0.3 is 14.5 Å². The van der Waals surface area contributed by atoms with Crippen LogP contribution in [0.15, 0.2) is 47.3 Å². The van der Waals surface area contributed by atoms with Crippen LogP contribution in [0.25, 0.3) is 11.0 Å². The number of nitrogens with zero attached hydrogens (tertiary/aromatic N) is 2. The molecule has 0 bridgehead atoms. The predicted octanol–water partition coefficient (Wildman–Crippen LogP) is 3.26. The molecule has 1 saturated heterocycles. The first kappa shape index (κ1) is 20.2. The highest BCUT2D eigenvalue weighted by Gasteiger charge is 2.30. The van der Waals surface area contributed by atoms with E-state index in [2.05, 4.69) is 9.88 Å². The van der Waals surface area contributed by atoms with E-state index in [0.717, 1.165) is 30.4 Å². The molecule has 1 N–H and O–H groups in total. The number of ketones is 1. The van der Waals surface area contributed by atoms with Crippen molar-refractivity contribution in [1.29, 1.82) is 0 Å². The molecule has 158 valence electrons. The zero-order valence-electron chi connectivity index (χ0n) is 17.6. The minimum atomic E-state index is -0.299. The number of hydrogen-bond donors (Lipinski definition) is 1. The number of nitrogens with one attached hydrogen (secondary N) is 1. The van der Waals surface area contributed by atoms with Crippen LogP contribution in [0.5, 0.6) is 11.5 Å². The van der Waals surface area contributed by atoms with Gasteiger partial charge in [0.1, 0.15) is 0 Å². The van der Waals surface area contributed by atoms with Gasteiger partial charge >= 0.3 is 5.69 Å². The van der Waals surface area contributed by atoms with Gasteiger partial charge in [-0.3, -0.25) is 14.3 Å². The number of fused-ring (bicyclic) bond motifs is 1. The lowest BCUT2D eigenvalue weighted by Gasteiger charge is -2.36. The van der Waals surface area contributed by atoms with Crippen LogP contribution in [-0.4, -0.2) is 53.6 Å². The van der Waals surface area contributed by atoms with Crippen LogP contribution in [0.3, 0.4) is 0 Å². The second-order valence-electron chi connectivity index (χ2n) is 7.72. The molecule has 0 saturated carbocycles. The average molecular weight is 409 g/mol. The normalized spacial score (nSPS) is 18.3. The Kier molecular flexibility index (Phi) is 5.63. The van der Waals surface area contributed by atoms with Crippen molar-refractivity contribution in [2.45, 2.75) is 31.8 Å². The van der Waals surface area contributed by atoms with Crippen molar-refractivity contribution >= 4 is 16.8 Å². The number of benzene rings is 2. The number of aromatic amines is 1. The van der Waals surface area contributed by atoms with E-state index >= 15 is 0 Å². The summed E-state index contributed by atoms with van der Waals surface area (Å²) in [5.41, 5.74) is 2.25. The number of para-hydroxylation sites is 2. The fraction of sp³-hybridized carbons (Fsp3) is 0.391. The second-order valence-corrected chi connectivity index (χ2v) is 7.72. The number of H-pyrrole nitrogens is 1. The number of imidazole rings is 1. The van der Waals surface area contributed by atoms with E-state index in [1.807, 2.05) is 35.8 Å². The summed E-state index contributed by atoms with van der Waals surface area (Å²) in [6.45, 7) is 3.41. The summed E-state index contributed by atoms with van der Waals surface area (Å²) in [5, 5.41) is 0. The maximum absolute atomic E-state index is 13.2. The van der Waals surface area contributed by atoms with Crippen LogP contribution in [0.1, 0.15) is 36.2 Å². The van der Waals surface area contributed by atoms with Gasteiger partial charge in [0.25, 0.3) is 0 Å². The van der Waals surface area contributed by atoms with Gasteiger partial charge in [-0.05, 0) is 56.6 Å². The van der Waals surface area contributed by atoms with Crippen LogP contribution >= 0.6 is 0 Å². The van der Waals surface area contributed by atoms with Crippen LogP contribution in [0, 0.1) is 0 Å². The summed E-state index contributed by atoms with van der Waals surface area (Å²) >= 11 is 0. The van der Waals surface area contributed by atoms with Crippen molar-refractivity contribution in [1.82, 2.24) is 14.5 Å². The molecule has 2 heterocycles. The summed E-state index contributed by atoms with van der Waals surface area (Å²) in [6, 6.07) is 12.7. The zero-order chi connectivity index (χ0) is 21.3. The SMILES string of the molecule is COc1ccc(C(=O)C(C)N2CCCC(n3c(=O)[nH]c4ccccc43)C2)cc1OC. The number of ether oxygens (including phenoxy) is 2. The Morgan fingerprint density at radius 1 is 1.13 bits per heavy atom. The predicted molar refractivity (Wildman–Crippen MR) is 116 cm³/mol. The van der Waals surface area contributed by atoms with E-state index in [0.29, 0.717) is 23.6 Å². The van der Waals surface area contributed by atoms with Crippen molar-refractivity contribution in [3.63, 3.8) is 0 Å². The number of rotatable bonds is 6. The number of carbonyl (C=O) groups excluding carboxylic acids is 1. The Hall–Kier alpha value is -3.06. The average Bonchev–Trinajstić information content (AvgIpc) is 3.13. The highest BCUT2D eigenvalue weighted by Crippen LogP contribution is 2.30. The summed E-state index contributed by atoms with van der Waals surface area (Å²) < 4.78 is 12.4. The molecule has 1 fully saturated rings. The fourth-order valence-corrected chi connectivity index (χ4v) is 4.38. The van der Waals surface area contributed by atoms with Gasteiger partial charge in [-0.15, -0.1) is 0 Å². The maximum Gasteiger partial charge on any atom is 0.326 e. The lowest BCUT2D eigenvalue weighted by atomic mass is 9.99. The highest BCUT2D eigenvalue weighted by atomic mass is 16.5. The Bertz CT molecular complexity index is 1120. The van der Waals surface area contributed by atoms with Gasteiger partial charge in [-0.1, -0.05) is 12.1 Å². The van der Waals surface area contributed by atoms with Gasteiger partial charge in [0.2, 0.25) is 0 Å². The van der Waals surface area contributed by atoms with E-state index in [1.54, 1.807) is 32.4 Å². The number of Topliss-reactive ketones (excluding diaryl/α,β-unsaturated/α-hetero) is 1. The van der Waals surface area contributed by atoms with Gasteiger partial charge in [-0.25, -0.2) is 4.79 Å². The number of likely N-dealkylation sites (tertiary alicyclic amines) is 1. The fourth-order valence-electron chi connectivity index (χ4n) is 4.38. The lowest BCUT2D eigenvalue weighted by molar-refractivity contribution is 0.0760. The molecule has 4 rings (SSSR count). The number of carbonyl (C=O) groups is 1. The molecule has 2 atom stereocenters. The molecule has 1 aliphatic rings. The van der Waals surface area contributed by atoms with E-state index in [-0.39, 0.29) is 23.6 Å². The van der Waals surface area contributed by atoms with E-state index < -0.39 is 0 Å². The molecular formula is C23H27N3O4. The molecule has 0 aliphatic carbocycles. The van der Waals surface area contributed by atoms with Crippen molar-refractivity contribution in [3.8, 4) is 11.5 Å². The lowest BCUT2D eigenvalue weighted by Crippen LogP contribution is -2.46. The first-order valence-corrected chi connectivity index (χ1v) is 10.2. The van der Waals surface area contributed by atoms with Crippen LogP contribution < -0.4 is 15.2 Å². The zero-order valence-corrected chi connectivity index (χ0v) is 17.6. The largest absolute Gasteiger partial charge is 0.493 e. The monoisotopic (exact) mass is 409 g/mol. The molecular weight excluding hydrogens is 382 g/mol. The maximum atomic E-state index is 13.2. The standard InChI is InChI=1S/C23H27N3O4/c1-15(22(27)16-10-11-20(29-2)21(13-16)30-3)25-12-6-7-17(14-25)26-19-9-5-4-8-18(19)24-23(26)28/h4-5,8-11,13,15,17H,6-7,12,14H2,1-3H3,(H,24,28). The smallest absolute Gasteiger partial charge is 0.326 e. The molecule has 7 nitrogen and oxygen atoms in total. The van der Waals surface area contributed by atoms with Gasteiger partial charge in [0.15, 0.2) is 17.3 Å². The topological polar surface area (TPSA) is 76.6 Å². The molecule has 0 amide bonds. The van der Waals surface area contributed by atoms with E-state index in [9.17, 15) is 9.59 Å². The number of piperidine rings is 1. The van der Waals surface area contributed by atoms with Crippen molar-refractivity contribution in [2.24, 2.45) is 0 Å². The molecule has 30 heavy (non-hydrogen) atoms. The summed E-state index contributed by atoms with van der Waals surface area (Å²) in [6.07, 6.45) is 1.84. The quantitative estimate of drug-likeness (QED) is 0.633. The molecule has 0 radical (unpaired) electrons. The van der Waals surface area contributed by atoms with Crippen LogP contribution in [-0.2, 0) is 0 Å². The minimum absolute atomic E-state index is 0.0304. The van der Waals surface area contributed by atoms with Crippen molar-refractivity contribution < 1.29 is 14.3 Å². The van der Waals surface area contributed by atoms with Gasteiger partial charge in [0, 0.05) is 12.1 Å². The second kappa shape index (κ2) is 8.36. The van der Waals surface area contributed by atoms with E-state index in [4.69, 9.17) is 9.47 Å². The van der Waals surface area contributed by atoms with Crippen LogP contribution in [0.4, 0.5) is 0 Å². The molecule has 1 aromatic heterocycles. The third-order valence-electron chi connectivity index (χ3n) is 6.01. The first-order valence-electron chi connectivity index (χ1n) is 10.2. The molecule has 7 heteroatoms. The Balaban J connectivity index is 1.56. The van der Waals surface area contributed by atoms with Crippen molar-refractivity contribution in [2.75, 3.05) is 27.3 Å². The molecule has 1 aliphatic heterocycles. The number of methoxy groups -OCH3 is 2. The molecule has 2 aromatic carbocycles. The van der Waals surface area contributed by atoms with E-state index in [1.165, 1.54) is 0 Å². The number of hydrogen-bond acceptors (Lipinski definition) is 5. The minimum Gasteiger partial charge on any atom is -0.493 e. The molecule has 2 unspecified atom stereocenters. The Morgan fingerprint density at radius 2 is 1.90 bits per heavy atom. The van der Waals surface area contributed by atoms with Gasteiger partial charge in [-0.2, -0.15) is 0 Å². The van der Waals surface area contributed by atoms with Gasteiger partial charge in [0.05, 0.1) is 37.3 Å². The van der Waals surface area contributed by atoms with Crippen LogP contribution in [0.2, 0.25) is 0 Å². The Labute approximate surface area is 175 Å². The summed E-state index contributed by atoms with van der Waals surface area (Å²) in [7, 11) is 3.13. The Morgan fingerprint density at radius 3 is 2.67 bits per heavy atom. The molecule has 0 spiro atoms. The third kappa shape index (κ3) is 3.61. The summed E-state index contributed by atoms with van der Waals surface area (Å²) in [4.78, 5) is 30.9. The third-order valence-corrected chi connectivity index (χ3v) is 6.01.